The molecule has 1 heterocycles. The average molecular weight is 348 g/mol. The number of hydrogen-bond acceptors (Lipinski definition) is 4. The second-order valence-electron chi connectivity index (χ2n) is 4.11. The van der Waals surface area contributed by atoms with Crippen molar-refractivity contribution in [2.75, 3.05) is 18.0 Å². The van der Waals surface area contributed by atoms with E-state index in [9.17, 15) is 15.2 Å². The topological polar surface area (TPSA) is 66.6 Å². The Kier molecular flexibility index (Phi) is 3.82. The zero-order chi connectivity index (χ0) is 12.4. The Morgan fingerprint density at radius 1 is 1.41 bits per heavy atom. The molecule has 92 valence electrons. The molecule has 2 rings (SSSR count). The maximum atomic E-state index is 10.6. The van der Waals surface area contributed by atoms with Gasteiger partial charge in [-0.15, -0.1) is 0 Å². The summed E-state index contributed by atoms with van der Waals surface area (Å²) in [4.78, 5) is 12.4. The molecule has 5 nitrogen and oxygen atoms in total. The Morgan fingerprint density at radius 3 is 2.59 bits per heavy atom. The van der Waals surface area contributed by atoms with Crippen LogP contribution in [-0.2, 0) is 0 Å². The maximum absolute atomic E-state index is 10.6. The summed E-state index contributed by atoms with van der Waals surface area (Å²) >= 11 is 2.12. The summed E-state index contributed by atoms with van der Waals surface area (Å²) in [6.45, 7) is 1.60. The van der Waals surface area contributed by atoms with E-state index in [2.05, 4.69) is 27.5 Å². The molecule has 0 unspecified atom stereocenters. The van der Waals surface area contributed by atoms with Crippen LogP contribution in [0, 0.1) is 13.7 Å². The van der Waals surface area contributed by atoms with Crippen LogP contribution in [-0.4, -0.2) is 29.2 Å². The van der Waals surface area contributed by atoms with Crippen molar-refractivity contribution >= 4 is 34.0 Å². The minimum atomic E-state index is -0.383. The molecule has 0 aromatic heterocycles. The van der Waals surface area contributed by atoms with E-state index in [1.807, 2.05) is 0 Å². The fraction of sp³-hybridized carbons (Fsp3) is 0.455. The molecule has 0 amide bonds. The van der Waals surface area contributed by atoms with E-state index in [0.717, 1.165) is 35.2 Å². The monoisotopic (exact) mass is 348 g/mol. The van der Waals surface area contributed by atoms with E-state index in [0.29, 0.717) is 0 Å². The van der Waals surface area contributed by atoms with Crippen LogP contribution in [0.2, 0.25) is 0 Å². The van der Waals surface area contributed by atoms with Crippen molar-refractivity contribution in [3.05, 3.63) is 31.9 Å². The van der Waals surface area contributed by atoms with Crippen molar-refractivity contribution in [1.29, 1.82) is 0 Å². The Hall–Kier alpha value is -0.890. The number of nitro benzene ring substituents is 1. The first-order chi connectivity index (χ1) is 8.08. The van der Waals surface area contributed by atoms with E-state index < -0.39 is 0 Å². The van der Waals surface area contributed by atoms with Gasteiger partial charge in [0, 0.05) is 28.8 Å². The van der Waals surface area contributed by atoms with Crippen LogP contribution in [0.5, 0.6) is 0 Å². The number of aliphatic hydroxyl groups is 1. The number of non-ortho nitro benzene ring substituents is 1. The average Bonchev–Trinajstić information content (AvgIpc) is 2.30. The first-order valence-corrected chi connectivity index (χ1v) is 6.53. The Morgan fingerprint density at radius 2 is 2.06 bits per heavy atom. The van der Waals surface area contributed by atoms with E-state index >= 15 is 0 Å². The van der Waals surface area contributed by atoms with Crippen molar-refractivity contribution < 1.29 is 10.0 Å². The van der Waals surface area contributed by atoms with E-state index in [1.54, 1.807) is 12.1 Å². The molecule has 1 fully saturated rings. The highest BCUT2D eigenvalue weighted by Crippen LogP contribution is 2.28. The largest absolute Gasteiger partial charge is 0.393 e. The van der Waals surface area contributed by atoms with Crippen LogP contribution in [0.4, 0.5) is 11.4 Å². The van der Waals surface area contributed by atoms with Gasteiger partial charge < -0.3 is 10.0 Å². The molecule has 1 aliphatic heterocycles. The molecule has 0 atom stereocenters. The lowest BCUT2D eigenvalue weighted by Gasteiger charge is -2.32. The molecular weight excluding hydrogens is 335 g/mol. The normalized spacial score (nSPS) is 17.2. The van der Waals surface area contributed by atoms with Gasteiger partial charge in [-0.1, -0.05) is 0 Å². The van der Waals surface area contributed by atoms with Gasteiger partial charge in [0.15, 0.2) is 0 Å². The quantitative estimate of drug-likeness (QED) is 0.505. The third-order valence-electron chi connectivity index (χ3n) is 2.95. The molecule has 0 radical (unpaired) electrons. The SMILES string of the molecule is O=[N+]([O-])c1ccc(N2CCC(O)CC2)c(I)c1. The van der Waals surface area contributed by atoms with Gasteiger partial charge >= 0.3 is 0 Å². The number of benzene rings is 1. The van der Waals surface area contributed by atoms with Gasteiger partial charge in [0.2, 0.25) is 0 Å². The molecule has 1 aromatic carbocycles. The lowest BCUT2D eigenvalue weighted by Crippen LogP contribution is -2.36. The first-order valence-electron chi connectivity index (χ1n) is 5.45. The van der Waals surface area contributed by atoms with Crippen LogP contribution in [0.15, 0.2) is 18.2 Å². The zero-order valence-electron chi connectivity index (χ0n) is 9.17. The lowest BCUT2D eigenvalue weighted by atomic mass is 10.1. The summed E-state index contributed by atoms with van der Waals surface area (Å²) < 4.78 is 0.883. The maximum Gasteiger partial charge on any atom is 0.270 e. The first kappa shape index (κ1) is 12.6. The van der Waals surface area contributed by atoms with Gasteiger partial charge in [0.1, 0.15) is 0 Å². The number of anilines is 1. The number of hydrogen-bond donors (Lipinski definition) is 1. The zero-order valence-corrected chi connectivity index (χ0v) is 11.3. The molecule has 0 saturated carbocycles. The standard InChI is InChI=1S/C11H13IN2O3/c12-10-7-8(14(16)17)1-2-11(10)13-5-3-9(15)4-6-13/h1-2,7,9,15H,3-6H2. The van der Waals surface area contributed by atoms with Gasteiger partial charge in [-0.3, -0.25) is 10.1 Å². The second-order valence-corrected chi connectivity index (χ2v) is 5.27. The van der Waals surface area contributed by atoms with Crippen LogP contribution in [0.3, 0.4) is 0 Å². The number of nitrogens with zero attached hydrogens (tertiary/aromatic N) is 2. The molecule has 1 aromatic rings. The summed E-state index contributed by atoms with van der Waals surface area (Å²) in [5, 5.41) is 20.1. The van der Waals surface area contributed by atoms with Gasteiger partial charge in [-0.2, -0.15) is 0 Å². The van der Waals surface area contributed by atoms with Crippen molar-refractivity contribution in [2.45, 2.75) is 18.9 Å². The molecular formula is C11H13IN2O3. The van der Waals surface area contributed by atoms with E-state index in [4.69, 9.17) is 0 Å². The van der Waals surface area contributed by atoms with Crippen molar-refractivity contribution in [1.82, 2.24) is 0 Å². The van der Waals surface area contributed by atoms with E-state index in [1.165, 1.54) is 6.07 Å². The summed E-state index contributed by atoms with van der Waals surface area (Å²) in [6, 6.07) is 4.90. The summed E-state index contributed by atoms with van der Waals surface area (Å²) in [5.74, 6) is 0. The molecule has 6 heteroatoms. The van der Waals surface area contributed by atoms with Crippen LogP contribution in [0.25, 0.3) is 0 Å². The highest BCUT2D eigenvalue weighted by Gasteiger charge is 2.20. The Labute approximate surface area is 113 Å². The summed E-state index contributed by atoms with van der Waals surface area (Å²) in [5.41, 5.74) is 1.14. The molecule has 0 aliphatic carbocycles. The minimum absolute atomic E-state index is 0.121. The molecule has 1 aliphatic rings. The molecule has 0 bridgehead atoms. The second kappa shape index (κ2) is 5.18. The lowest BCUT2D eigenvalue weighted by molar-refractivity contribution is -0.384. The third-order valence-corrected chi connectivity index (χ3v) is 3.81. The molecule has 0 spiro atoms. The minimum Gasteiger partial charge on any atom is -0.393 e. The smallest absolute Gasteiger partial charge is 0.270 e. The fourth-order valence-electron chi connectivity index (χ4n) is 1.97. The number of aliphatic hydroxyl groups excluding tert-OH is 1. The third kappa shape index (κ3) is 2.86. The van der Waals surface area contributed by atoms with Crippen molar-refractivity contribution in [3.63, 3.8) is 0 Å². The van der Waals surface area contributed by atoms with E-state index in [-0.39, 0.29) is 16.7 Å². The Balaban J connectivity index is 2.19. The van der Waals surface area contributed by atoms with Crippen molar-refractivity contribution in [2.24, 2.45) is 0 Å². The van der Waals surface area contributed by atoms with Crippen LogP contribution in [0.1, 0.15) is 12.8 Å². The van der Waals surface area contributed by atoms with Crippen LogP contribution < -0.4 is 4.90 Å². The highest BCUT2D eigenvalue weighted by atomic mass is 127. The van der Waals surface area contributed by atoms with Gasteiger partial charge in [-0.05, 0) is 41.5 Å². The predicted octanol–water partition coefficient (Wildman–Crippen LogP) is 2.16. The summed E-state index contributed by atoms with van der Waals surface area (Å²) in [7, 11) is 0. The summed E-state index contributed by atoms with van der Waals surface area (Å²) in [6.07, 6.45) is 1.31. The van der Waals surface area contributed by atoms with Gasteiger partial charge in [-0.25, -0.2) is 0 Å². The van der Waals surface area contributed by atoms with Gasteiger partial charge in [0.05, 0.1) is 16.7 Å². The number of nitro groups is 1. The molecule has 17 heavy (non-hydrogen) atoms. The van der Waals surface area contributed by atoms with Gasteiger partial charge in [0.25, 0.3) is 5.69 Å². The predicted molar refractivity (Wildman–Crippen MR) is 73.3 cm³/mol. The number of rotatable bonds is 2. The molecule has 1 saturated heterocycles. The number of halogens is 1. The van der Waals surface area contributed by atoms with Crippen molar-refractivity contribution in [3.8, 4) is 0 Å². The number of piperidine rings is 1. The fourth-order valence-corrected chi connectivity index (χ4v) is 2.81. The van der Waals surface area contributed by atoms with Crippen LogP contribution >= 0.6 is 22.6 Å². The Bertz CT molecular complexity index is 431. The molecule has 1 N–H and O–H groups in total. The highest BCUT2D eigenvalue weighted by molar-refractivity contribution is 14.1.